The van der Waals surface area contributed by atoms with Crippen molar-refractivity contribution >= 4 is 0 Å². The van der Waals surface area contributed by atoms with Gasteiger partial charge in [0.05, 0.1) is 12.7 Å². The highest BCUT2D eigenvalue weighted by molar-refractivity contribution is 5.53. The first kappa shape index (κ1) is 12.2. The molecule has 1 heterocycles. The van der Waals surface area contributed by atoms with Crippen LogP contribution in [0.4, 0.5) is 0 Å². The van der Waals surface area contributed by atoms with Crippen LogP contribution in [0, 0.1) is 0 Å². The van der Waals surface area contributed by atoms with E-state index in [2.05, 4.69) is 6.92 Å². The molecule has 1 aromatic carbocycles. The first-order valence-electron chi connectivity index (χ1n) is 5.98. The van der Waals surface area contributed by atoms with Crippen LogP contribution in [0.25, 0.3) is 0 Å². The summed E-state index contributed by atoms with van der Waals surface area (Å²) in [6.07, 6.45) is 2.03. The minimum Gasteiger partial charge on any atom is -0.454 e. The monoisotopic (exact) mass is 238 g/mol. The molecular weight excluding hydrogens is 220 g/mol. The van der Waals surface area contributed by atoms with Gasteiger partial charge in [-0.3, -0.25) is 0 Å². The average molecular weight is 238 g/mol. The molecule has 1 aromatic rings. The Labute approximate surface area is 101 Å². The Balaban J connectivity index is 2.32. The van der Waals surface area contributed by atoms with Crippen LogP contribution in [0.2, 0.25) is 0 Å². The van der Waals surface area contributed by atoms with Gasteiger partial charge in [0.15, 0.2) is 11.5 Å². The molecule has 17 heavy (non-hydrogen) atoms. The van der Waals surface area contributed by atoms with Crippen LogP contribution < -0.4 is 9.47 Å². The Morgan fingerprint density at radius 2 is 2.18 bits per heavy atom. The number of aliphatic hydroxyl groups excluding tert-OH is 2. The first-order chi connectivity index (χ1) is 8.27. The summed E-state index contributed by atoms with van der Waals surface area (Å²) >= 11 is 0. The van der Waals surface area contributed by atoms with Gasteiger partial charge in [-0.05, 0) is 18.1 Å². The lowest BCUT2D eigenvalue weighted by Gasteiger charge is -2.16. The predicted octanol–water partition coefficient (Wildman–Crippen LogP) is 2.13. The lowest BCUT2D eigenvalue weighted by molar-refractivity contribution is 0.147. The maximum absolute atomic E-state index is 10.2. The van der Waals surface area contributed by atoms with Crippen molar-refractivity contribution < 1.29 is 19.7 Å². The molecule has 0 bridgehead atoms. The number of hydrogen-bond donors (Lipinski definition) is 2. The number of unbranched alkanes of at least 4 members (excludes halogenated alkanes) is 1. The number of rotatable bonds is 5. The second-order valence-electron chi connectivity index (χ2n) is 4.19. The molecule has 0 radical (unpaired) electrons. The van der Waals surface area contributed by atoms with E-state index in [1.165, 1.54) is 0 Å². The van der Waals surface area contributed by atoms with Crippen LogP contribution >= 0.6 is 0 Å². The van der Waals surface area contributed by atoms with E-state index in [4.69, 9.17) is 9.47 Å². The molecule has 4 nitrogen and oxygen atoms in total. The van der Waals surface area contributed by atoms with E-state index < -0.39 is 6.10 Å². The molecule has 0 saturated heterocycles. The third-order valence-corrected chi connectivity index (χ3v) is 3.00. The molecule has 0 aromatic heterocycles. The van der Waals surface area contributed by atoms with Gasteiger partial charge in [0.2, 0.25) is 6.79 Å². The maximum atomic E-state index is 10.2. The molecule has 4 heteroatoms. The summed E-state index contributed by atoms with van der Waals surface area (Å²) in [7, 11) is 0. The van der Waals surface area contributed by atoms with Gasteiger partial charge >= 0.3 is 0 Å². The van der Waals surface area contributed by atoms with Crippen LogP contribution in [0.15, 0.2) is 12.1 Å². The smallest absolute Gasteiger partial charge is 0.231 e. The quantitative estimate of drug-likeness (QED) is 0.825. The number of aliphatic hydroxyl groups is 2. The number of fused-ring (bicyclic) bond motifs is 1. The molecule has 0 amide bonds. The fourth-order valence-electron chi connectivity index (χ4n) is 2.08. The van der Waals surface area contributed by atoms with E-state index in [9.17, 15) is 10.2 Å². The third kappa shape index (κ3) is 2.37. The summed E-state index contributed by atoms with van der Waals surface area (Å²) in [6.45, 7) is 2.15. The van der Waals surface area contributed by atoms with E-state index in [0.717, 1.165) is 12.8 Å². The minimum absolute atomic E-state index is 0.102. The third-order valence-electron chi connectivity index (χ3n) is 3.00. The van der Waals surface area contributed by atoms with Crippen molar-refractivity contribution in [1.82, 2.24) is 0 Å². The second-order valence-corrected chi connectivity index (χ2v) is 4.19. The molecule has 2 rings (SSSR count). The first-order valence-corrected chi connectivity index (χ1v) is 5.98. The summed E-state index contributed by atoms with van der Waals surface area (Å²) in [4.78, 5) is 0. The standard InChI is InChI=1S/C13H18O4/c1-2-3-4-10(15)12-9(7-14)5-6-11-13(12)17-8-16-11/h5-6,10,14-15H,2-4,7-8H2,1H3. The lowest BCUT2D eigenvalue weighted by Crippen LogP contribution is -2.04. The molecule has 0 saturated carbocycles. The highest BCUT2D eigenvalue weighted by atomic mass is 16.7. The van der Waals surface area contributed by atoms with Crippen molar-refractivity contribution in [2.24, 2.45) is 0 Å². The molecule has 1 atom stereocenters. The van der Waals surface area contributed by atoms with Crippen molar-refractivity contribution in [3.05, 3.63) is 23.3 Å². The molecule has 1 unspecified atom stereocenters. The fourth-order valence-corrected chi connectivity index (χ4v) is 2.08. The van der Waals surface area contributed by atoms with E-state index in [0.29, 0.717) is 29.0 Å². The van der Waals surface area contributed by atoms with Crippen molar-refractivity contribution in [3.8, 4) is 11.5 Å². The van der Waals surface area contributed by atoms with Crippen LogP contribution in [0.3, 0.4) is 0 Å². The molecule has 0 aliphatic carbocycles. The van der Waals surface area contributed by atoms with Gasteiger partial charge in [0.25, 0.3) is 0 Å². The molecule has 1 aliphatic heterocycles. The largest absolute Gasteiger partial charge is 0.454 e. The Kier molecular flexibility index (Phi) is 3.86. The predicted molar refractivity (Wildman–Crippen MR) is 63.0 cm³/mol. The highest BCUT2D eigenvalue weighted by Gasteiger charge is 2.24. The fraction of sp³-hybridized carbons (Fsp3) is 0.538. The molecule has 2 N–H and O–H groups in total. The zero-order valence-electron chi connectivity index (χ0n) is 9.98. The SMILES string of the molecule is CCCCC(O)c1c(CO)ccc2c1OCO2. The van der Waals surface area contributed by atoms with Gasteiger partial charge in [-0.2, -0.15) is 0 Å². The summed E-state index contributed by atoms with van der Waals surface area (Å²) in [6, 6.07) is 3.54. The Bertz CT molecular complexity index is 389. The number of ether oxygens (including phenoxy) is 2. The minimum atomic E-state index is -0.603. The average Bonchev–Trinajstić information content (AvgIpc) is 2.82. The summed E-state index contributed by atoms with van der Waals surface area (Å²) in [5.41, 5.74) is 1.38. The highest BCUT2D eigenvalue weighted by Crippen LogP contribution is 2.41. The molecular formula is C13H18O4. The Hall–Kier alpha value is -1.26. The van der Waals surface area contributed by atoms with E-state index in [1.54, 1.807) is 12.1 Å². The topological polar surface area (TPSA) is 58.9 Å². The van der Waals surface area contributed by atoms with E-state index in [1.807, 2.05) is 0 Å². The van der Waals surface area contributed by atoms with Crippen LogP contribution in [-0.4, -0.2) is 17.0 Å². The molecule has 0 fully saturated rings. The lowest BCUT2D eigenvalue weighted by atomic mass is 9.97. The van der Waals surface area contributed by atoms with Gasteiger partial charge in [-0.1, -0.05) is 25.8 Å². The summed E-state index contributed by atoms with van der Waals surface area (Å²) in [5.74, 6) is 1.23. The van der Waals surface area contributed by atoms with Crippen molar-refractivity contribution in [2.45, 2.75) is 38.9 Å². The van der Waals surface area contributed by atoms with Gasteiger partial charge in [0, 0.05) is 5.56 Å². The zero-order chi connectivity index (χ0) is 12.3. The van der Waals surface area contributed by atoms with Crippen molar-refractivity contribution in [2.75, 3.05) is 6.79 Å². The molecule has 0 spiro atoms. The van der Waals surface area contributed by atoms with Gasteiger partial charge in [-0.15, -0.1) is 0 Å². The number of hydrogen-bond acceptors (Lipinski definition) is 4. The second kappa shape index (κ2) is 5.38. The van der Waals surface area contributed by atoms with Gasteiger partial charge < -0.3 is 19.7 Å². The van der Waals surface area contributed by atoms with E-state index in [-0.39, 0.29) is 13.4 Å². The van der Waals surface area contributed by atoms with Crippen LogP contribution in [0.5, 0.6) is 11.5 Å². The van der Waals surface area contributed by atoms with Gasteiger partial charge in [-0.25, -0.2) is 0 Å². The Morgan fingerprint density at radius 1 is 1.35 bits per heavy atom. The van der Waals surface area contributed by atoms with Crippen molar-refractivity contribution in [1.29, 1.82) is 0 Å². The summed E-state index contributed by atoms with van der Waals surface area (Å²) < 4.78 is 10.7. The number of benzene rings is 1. The van der Waals surface area contributed by atoms with E-state index >= 15 is 0 Å². The van der Waals surface area contributed by atoms with Gasteiger partial charge in [0.1, 0.15) is 0 Å². The Morgan fingerprint density at radius 3 is 2.88 bits per heavy atom. The summed E-state index contributed by atoms with van der Waals surface area (Å²) in [5, 5.41) is 19.5. The molecule has 1 aliphatic rings. The normalized spacial score (nSPS) is 15.0. The zero-order valence-corrected chi connectivity index (χ0v) is 9.98. The molecule has 94 valence electrons. The maximum Gasteiger partial charge on any atom is 0.231 e. The van der Waals surface area contributed by atoms with Crippen LogP contribution in [0.1, 0.15) is 43.4 Å². The van der Waals surface area contributed by atoms with Crippen molar-refractivity contribution in [3.63, 3.8) is 0 Å². The van der Waals surface area contributed by atoms with Crippen LogP contribution in [-0.2, 0) is 6.61 Å².